The number of rotatable bonds is 3. The molecule has 1 saturated heterocycles. The Morgan fingerprint density at radius 3 is 2.42 bits per heavy atom. The van der Waals surface area contributed by atoms with Crippen molar-refractivity contribution in [2.45, 2.75) is 25.1 Å². The summed E-state index contributed by atoms with van der Waals surface area (Å²) >= 11 is 0. The third kappa shape index (κ3) is 3.75. The number of alkyl halides is 3. The van der Waals surface area contributed by atoms with Crippen molar-refractivity contribution in [2.24, 2.45) is 13.0 Å². The van der Waals surface area contributed by atoms with Crippen molar-refractivity contribution in [2.75, 3.05) is 13.1 Å². The molecule has 0 spiro atoms. The molecule has 8 heteroatoms. The van der Waals surface area contributed by atoms with E-state index in [1.165, 1.54) is 11.9 Å². The maximum absolute atomic E-state index is 13.1. The largest absolute Gasteiger partial charge is 0.435 e. The summed E-state index contributed by atoms with van der Waals surface area (Å²) in [5, 5.41) is 13.9. The van der Waals surface area contributed by atoms with E-state index < -0.39 is 29.4 Å². The first-order valence-electron chi connectivity index (χ1n) is 8.40. The number of carbonyl (C=O) groups excluding carboxylic acids is 1. The Balaban J connectivity index is 1.68. The van der Waals surface area contributed by atoms with Crippen LogP contribution in [0.25, 0.3) is 0 Å². The molecule has 1 aliphatic heterocycles. The zero-order valence-electron chi connectivity index (χ0n) is 14.3. The number of halogens is 3. The Morgan fingerprint density at radius 2 is 1.85 bits per heavy atom. The number of benzene rings is 1. The van der Waals surface area contributed by atoms with Gasteiger partial charge in [-0.05, 0) is 24.3 Å². The highest BCUT2D eigenvalue weighted by molar-refractivity contribution is 5.95. The van der Waals surface area contributed by atoms with E-state index in [0.717, 1.165) is 16.4 Å². The minimum Gasteiger partial charge on any atom is -0.388 e. The Hall–Kier alpha value is -2.35. The molecule has 0 saturated carbocycles. The lowest BCUT2D eigenvalue weighted by atomic mass is 9.87. The summed E-state index contributed by atoms with van der Waals surface area (Å²) < 4.78 is 40.2. The molecule has 5 nitrogen and oxygen atoms in total. The second-order valence-electron chi connectivity index (χ2n) is 6.55. The SMILES string of the molecule is Cn1cc(C(=O)N2CCC(C(O)c3ccccc3)CC2)c(C(F)(F)F)n1. The summed E-state index contributed by atoms with van der Waals surface area (Å²) in [5.41, 5.74) is -0.776. The van der Waals surface area contributed by atoms with Gasteiger partial charge < -0.3 is 10.0 Å². The van der Waals surface area contributed by atoms with E-state index >= 15 is 0 Å². The van der Waals surface area contributed by atoms with Crippen molar-refractivity contribution in [3.05, 3.63) is 53.3 Å². The van der Waals surface area contributed by atoms with Crippen LogP contribution in [0, 0.1) is 5.92 Å². The Bertz CT molecular complexity index is 766. The monoisotopic (exact) mass is 367 g/mol. The molecule has 1 aromatic heterocycles. The van der Waals surface area contributed by atoms with Crippen molar-refractivity contribution >= 4 is 5.91 Å². The number of amides is 1. The Labute approximate surface area is 149 Å². The standard InChI is InChI=1S/C18H20F3N3O2/c1-23-11-14(16(22-23)18(19,20)21)17(26)24-9-7-13(8-10-24)15(25)12-5-3-2-4-6-12/h2-6,11,13,15,25H,7-10H2,1H3. The summed E-state index contributed by atoms with van der Waals surface area (Å²) in [7, 11) is 1.36. The number of aromatic nitrogens is 2. The minimum atomic E-state index is -4.67. The van der Waals surface area contributed by atoms with E-state index in [4.69, 9.17) is 0 Å². The fraction of sp³-hybridized carbons (Fsp3) is 0.444. The first kappa shape index (κ1) is 18.4. The van der Waals surface area contributed by atoms with Gasteiger partial charge in [0.25, 0.3) is 5.91 Å². The van der Waals surface area contributed by atoms with E-state index in [1.807, 2.05) is 30.3 Å². The quantitative estimate of drug-likeness (QED) is 0.907. The summed E-state index contributed by atoms with van der Waals surface area (Å²) in [4.78, 5) is 13.9. The van der Waals surface area contributed by atoms with Gasteiger partial charge in [0, 0.05) is 26.3 Å². The molecule has 2 heterocycles. The van der Waals surface area contributed by atoms with Crippen LogP contribution in [0.4, 0.5) is 13.2 Å². The number of aliphatic hydroxyl groups is 1. The van der Waals surface area contributed by atoms with Crippen molar-refractivity contribution in [3.63, 3.8) is 0 Å². The zero-order valence-corrected chi connectivity index (χ0v) is 14.3. The normalized spacial score (nSPS) is 17.3. The van der Waals surface area contributed by atoms with Gasteiger partial charge in [0.2, 0.25) is 0 Å². The summed E-state index contributed by atoms with van der Waals surface area (Å²) in [6.45, 7) is 0.610. The number of carbonyl (C=O) groups is 1. The highest BCUT2D eigenvalue weighted by atomic mass is 19.4. The minimum absolute atomic E-state index is 0.0302. The van der Waals surface area contributed by atoms with Gasteiger partial charge in [-0.3, -0.25) is 9.48 Å². The molecule has 2 aromatic rings. The predicted molar refractivity (Wildman–Crippen MR) is 88.2 cm³/mol. The fourth-order valence-corrected chi connectivity index (χ4v) is 3.37. The predicted octanol–water partition coefficient (Wildman–Crippen LogP) is 3.02. The third-order valence-corrected chi connectivity index (χ3v) is 4.74. The number of aliphatic hydroxyl groups excluding tert-OH is 1. The van der Waals surface area contributed by atoms with Crippen molar-refractivity contribution in [3.8, 4) is 0 Å². The van der Waals surface area contributed by atoms with Crippen LogP contribution in [0.15, 0.2) is 36.5 Å². The van der Waals surface area contributed by atoms with Crippen LogP contribution in [0.5, 0.6) is 0 Å². The number of nitrogens with zero attached hydrogens (tertiary/aromatic N) is 3. The Kier molecular flexibility index (Phi) is 5.04. The molecule has 0 bridgehead atoms. The first-order chi connectivity index (χ1) is 12.3. The highest BCUT2D eigenvalue weighted by Crippen LogP contribution is 2.34. The van der Waals surface area contributed by atoms with Gasteiger partial charge in [-0.15, -0.1) is 0 Å². The highest BCUT2D eigenvalue weighted by Gasteiger charge is 2.40. The van der Waals surface area contributed by atoms with Crippen LogP contribution >= 0.6 is 0 Å². The van der Waals surface area contributed by atoms with Crippen LogP contribution in [-0.4, -0.2) is 38.8 Å². The van der Waals surface area contributed by atoms with Gasteiger partial charge in [-0.1, -0.05) is 30.3 Å². The van der Waals surface area contributed by atoms with Gasteiger partial charge in [-0.2, -0.15) is 18.3 Å². The number of hydrogen-bond acceptors (Lipinski definition) is 3. The van der Waals surface area contributed by atoms with E-state index in [1.54, 1.807) is 0 Å². The Morgan fingerprint density at radius 1 is 1.23 bits per heavy atom. The van der Waals surface area contributed by atoms with Crippen molar-refractivity contribution in [1.82, 2.24) is 14.7 Å². The number of piperidine rings is 1. The maximum atomic E-state index is 13.1. The van der Waals surface area contributed by atoms with Gasteiger partial charge in [-0.25, -0.2) is 0 Å². The molecule has 140 valence electrons. The number of likely N-dealkylation sites (tertiary alicyclic amines) is 1. The van der Waals surface area contributed by atoms with E-state index in [0.29, 0.717) is 25.9 Å². The zero-order chi connectivity index (χ0) is 18.9. The molecule has 0 radical (unpaired) electrons. The van der Waals surface area contributed by atoms with Gasteiger partial charge in [0.1, 0.15) is 0 Å². The van der Waals surface area contributed by atoms with Crippen LogP contribution in [-0.2, 0) is 13.2 Å². The van der Waals surface area contributed by atoms with Crippen LogP contribution in [0.3, 0.4) is 0 Å². The van der Waals surface area contributed by atoms with Crippen molar-refractivity contribution in [1.29, 1.82) is 0 Å². The lowest BCUT2D eigenvalue weighted by Crippen LogP contribution is -2.40. The average molecular weight is 367 g/mol. The lowest BCUT2D eigenvalue weighted by molar-refractivity contribution is -0.141. The molecule has 26 heavy (non-hydrogen) atoms. The average Bonchev–Trinajstić information content (AvgIpc) is 3.03. The molecule has 1 aromatic carbocycles. The smallest absolute Gasteiger partial charge is 0.388 e. The first-order valence-corrected chi connectivity index (χ1v) is 8.40. The number of hydrogen-bond donors (Lipinski definition) is 1. The summed E-state index contributed by atoms with van der Waals surface area (Å²) in [6, 6.07) is 9.24. The molecule has 1 fully saturated rings. The van der Waals surface area contributed by atoms with Gasteiger partial charge >= 0.3 is 6.18 Å². The molecule has 3 rings (SSSR count). The molecule has 1 amide bonds. The molecule has 1 atom stereocenters. The third-order valence-electron chi connectivity index (χ3n) is 4.74. The van der Waals surface area contributed by atoms with E-state index in [9.17, 15) is 23.1 Å². The molecule has 0 aliphatic carbocycles. The summed E-state index contributed by atoms with van der Waals surface area (Å²) in [6.07, 6.45) is -3.14. The number of aryl methyl sites for hydroxylation is 1. The second-order valence-corrected chi connectivity index (χ2v) is 6.55. The summed E-state index contributed by atoms with van der Waals surface area (Å²) in [5.74, 6) is -0.699. The lowest BCUT2D eigenvalue weighted by Gasteiger charge is -2.34. The molecule has 1 aliphatic rings. The van der Waals surface area contributed by atoms with Gasteiger partial charge in [0.05, 0.1) is 11.7 Å². The van der Waals surface area contributed by atoms with Crippen LogP contribution in [0.2, 0.25) is 0 Å². The topological polar surface area (TPSA) is 58.4 Å². The maximum Gasteiger partial charge on any atom is 0.435 e. The second kappa shape index (κ2) is 7.11. The molecule has 1 unspecified atom stereocenters. The van der Waals surface area contributed by atoms with Crippen molar-refractivity contribution < 1.29 is 23.1 Å². The molecule has 1 N–H and O–H groups in total. The van der Waals surface area contributed by atoms with Crippen LogP contribution in [0.1, 0.15) is 40.6 Å². The van der Waals surface area contributed by atoms with E-state index in [2.05, 4.69) is 5.10 Å². The van der Waals surface area contributed by atoms with Gasteiger partial charge in [0.15, 0.2) is 5.69 Å². The fourth-order valence-electron chi connectivity index (χ4n) is 3.37. The van der Waals surface area contributed by atoms with Crippen LogP contribution < -0.4 is 0 Å². The molecular weight excluding hydrogens is 347 g/mol. The molecular formula is C18H20F3N3O2. The van der Waals surface area contributed by atoms with E-state index in [-0.39, 0.29) is 5.92 Å².